The summed E-state index contributed by atoms with van der Waals surface area (Å²) < 4.78 is 26.9. The zero-order valence-electron chi connectivity index (χ0n) is 13.9. The molecular formula is C16H25N3O3S. The second-order valence-corrected chi connectivity index (χ2v) is 8.13. The number of nitrogens with zero attached hydrogens (tertiary/aromatic N) is 2. The van der Waals surface area contributed by atoms with Gasteiger partial charge in [-0.15, -0.1) is 0 Å². The number of carbonyl (C=O) groups excluding carboxylic acids is 1. The molecule has 0 radical (unpaired) electrons. The van der Waals surface area contributed by atoms with E-state index < -0.39 is 10.0 Å². The normalized spacial score (nSPS) is 16.8. The summed E-state index contributed by atoms with van der Waals surface area (Å²) in [4.78, 5) is 16.6. The van der Waals surface area contributed by atoms with Crippen LogP contribution in [0.3, 0.4) is 0 Å². The molecule has 0 aliphatic carbocycles. The number of carbonyl (C=O) groups is 1. The third kappa shape index (κ3) is 4.76. The molecule has 0 bridgehead atoms. The van der Waals surface area contributed by atoms with Crippen molar-refractivity contribution in [3.05, 3.63) is 29.8 Å². The number of sulfonamides is 1. The summed E-state index contributed by atoms with van der Waals surface area (Å²) in [5.74, 6) is 0.194. The van der Waals surface area contributed by atoms with Crippen LogP contribution in [0.2, 0.25) is 0 Å². The van der Waals surface area contributed by atoms with Crippen LogP contribution >= 0.6 is 0 Å². The molecule has 1 aliphatic rings. The summed E-state index contributed by atoms with van der Waals surface area (Å²) in [6, 6.07) is 6.16. The van der Waals surface area contributed by atoms with Crippen molar-refractivity contribution in [3.8, 4) is 0 Å². The first-order valence-electron chi connectivity index (χ1n) is 7.87. The molecule has 2 rings (SSSR count). The number of rotatable bonds is 5. The molecular weight excluding hydrogens is 314 g/mol. The smallest absolute Gasteiger partial charge is 0.253 e. The summed E-state index contributed by atoms with van der Waals surface area (Å²) in [5.41, 5.74) is 0.525. The number of hydrogen-bond donors (Lipinski definition) is 1. The molecule has 1 amide bonds. The number of piperazine rings is 1. The molecule has 1 fully saturated rings. The molecule has 0 atom stereocenters. The molecule has 1 N–H and O–H groups in total. The molecule has 1 heterocycles. The van der Waals surface area contributed by atoms with Gasteiger partial charge in [-0.2, -0.15) is 0 Å². The molecule has 7 heteroatoms. The Bertz CT molecular complexity index is 633. The van der Waals surface area contributed by atoms with Crippen molar-refractivity contribution in [1.29, 1.82) is 0 Å². The minimum atomic E-state index is -3.51. The molecule has 6 nitrogen and oxygen atoms in total. The average Bonchev–Trinajstić information content (AvgIpc) is 2.53. The predicted octanol–water partition coefficient (Wildman–Crippen LogP) is 1.01. The second-order valence-electron chi connectivity index (χ2n) is 6.37. The van der Waals surface area contributed by atoms with Crippen LogP contribution in [0.25, 0.3) is 0 Å². The van der Waals surface area contributed by atoms with E-state index in [1.165, 1.54) is 12.1 Å². The molecule has 0 aromatic heterocycles. The monoisotopic (exact) mass is 339 g/mol. The van der Waals surface area contributed by atoms with E-state index in [-0.39, 0.29) is 16.7 Å². The van der Waals surface area contributed by atoms with E-state index in [9.17, 15) is 13.2 Å². The molecule has 1 saturated heterocycles. The molecule has 1 aliphatic heterocycles. The SMILES string of the molecule is CC(C)CNS(=O)(=O)c1ccc(C(=O)N2CCN(C)CC2)cc1. The molecule has 0 unspecified atom stereocenters. The van der Waals surface area contributed by atoms with Crippen LogP contribution in [-0.2, 0) is 10.0 Å². The van der Waals surface area contributed by atoms with Crippen LogP contribution in [0, 0.1) is 5.92 Å². The fourth-order valence-corrected chi connectivity index (χ4v) is 3.54. The summed E-state index contributed by atoms with van der Waals surface area (Å²) in [5, 5.41) is 0. The third-order valence-electron chi connectivity index (χ3n) is 3.88. The first kappa shape index (κ1) is 17.9. The molecule has 128 valence electrons. The second kappa shape index (κ2) is 7.42. The number of likely N-dealkylation sites (N-methyl/N-ethyl adjacent to an activating group) is 1. The lowest BCUT2D eigenvalue weighted by molar-refractivity contribution is 0.0664. The van der Waals surface area contributed by atoms with Gasteiger partial charge in [-0.3, -0.25) is 4.79 Å². The fourth-order valence-electron chi connectivity index (χ4n) is 2.33. The van der Waals surface area contributed by atoms with E-state index in [0.717, 1.165) is 13.1 Å². The van der Waals surface area contributed by atoms with E-state index in [1.54, 1.807) is 17.0 Å². The van der Waals surface area contributed by atoms with Crippen molar-refractivity contribution in [2.75, 3.05) is 39.8 Å². The van der Waals surface area contributed by atoms with Crippen LogP contribution in [0.1, 0.15) is 24.2 Å². The van der Waals surface area contributed by atoms with Crippen LogP contribution in [-0.4, -0.2) is 63.9 Å². The first-order valence-corrected chi connectivity index (χ1v) is 9.35. The van der Waals surface area contributed by atoms with Crippen molar-refractivity contribution in [3.63, 3.8) is 0 Å². The largest absolute Gasteiger partial charge is 0.336 e. The summed E-state index contributed by atoms with van der Waals surface area (Å²) in [6.45, 7) is 7.40. The van der Waals surface area contributed by atoms with E-state index in [0.29, 0.717) is 25.2 Å². The number of amides is 1. The molecule has 0 spiro atoms. The molecule has 1 aromatic carbocycles. The van der Waals surface area contributed by atoms with Crippen LogP contribution in [0.4, 0.5) is 0 Å². The van der Waals surface area contributed by atoms with Gasteiger partial charge in [-0.1, -0.05) is 13.8 Å². The van der Waals surface area contributed by atoms with Gasteiger partial charge in [-0.05, 0) is 37.2 Å². The number of benzene rings is 1. The first-order chi connectivity index (χ1) is 10.8. The Morgan fingerprint density at radius 1 is 1.13 bits per heavy atom. The predicted molar refractivity (Wildman–Crippen MR) is 89.9 cm³/mol. The minimum absolute atomic E-state index is 0.0443. The quantitative estimate of drug-likeness (QED) is 0.869. The lowest BCUT2D eigenvalue weighted by Gasteiger charge is -2.32. The van der Waals surface area contributed by atoms with Crippen molar-refractivity contribution in [1.82, 2.24) is 14.5 Å². The highest BCUT2D eigenvalue weighted by Gasteiger charge is 2.21. The van der Waals surface area contributed by atoms with Gasteiger partial charge < -0.3 is 9.80 Å². The van der Waals surface area contributed by atoms with Crippen LogP contribution in [0.15, 0.2) is 29.2 Å². The topological polar surface area (TPSA) is 69.7 Å². The summed E-state index contributed by atoms with van der Waals surface area (Å²) in [7, 11) is -1.48. The van der Waals surface area contributed by atoms with E-state index >= 15 is 0 Å². The van der Waals surface area contributed by atoms with Gasteiger partial charge in [0.25, 0.3) is 5.91 Å². The maximum absolute atomic E-state index is 12.4. The highest BCUT2D eigenvalue weighted by atomic mass is 32.2. The van der Waals surface area contributed by atoms with E-state index in [1.807, 2.05) is 20.9 Å². The Hall–Kier alpha value is -1.44. The van der Waals surface area contributed by atoms with Crippen LogP contribution < -0.4 is 4.72 Å². The Balaban J connectivity index is 2.05. The Kier molecular flexibility index (Phi) is 5.78. The van der Waals surface area contributed by atoms with Gasteiger partial charge in [0.05, 0.1) is 4.90 Å². The third-order valence-corrected chi connectivity index (χ3v) is 5.32. The number of nitrogens with one attached hydrogen (secondary N) is 1. The van der Waals surface area contributed by atoms with Gasteiger partial charge in [-0.25, -0.2) is 13.1 Å². The zero-order valence-corrected chi connectivity index (χ0v) is 14.8. The highest BCUT2D eigenvalue weighted by molar-refractivity contribution is 7.89. The maximum atomic E-state index is 12.4. The van der Waals surface area contributed by atoms with Gasteiger partial charge in [0.1, 0.15) is 0 Å². The van der Waals surface area contributed by atoms with Gasteiger partial charge in [0, 0.05) is 38.3 Å². The Morgan fingerprint density at radius 3 is 2.22 bits per heavy atom. The lowest BCUT2D eigenvalue weighted by Crippen LogP contribution is -2.47. The number of hydrogen-bond acceptors (Lipinski definition) is 4. The summed E-state index contributed by atoms with van der Waals surface area (Å²) in [6.07, 6.45) is 0. The Morgan fingerprint density at radius 2 is 1.70 bits per heavy atom. The van der Waals surface area contributed by atoms with Gasteiger partial charge in [0.2, 0.25) is 10.0 Å². The van der Waals surface area contributed by atoms with E-state index in [2.05, 4.69) is 9.62 Å². The molecule has 23 heavy (non-hydrogen) atoms. The van der Waals surface area contributed by atoms with Gasteiger partial charge in [0.15, 0.2) is 0 Å². The van der Waals surface area contributed by atoms with Crippen molar-refractivity contribution < 1.29 is 13.2 Å². The standard InChI is InChI=1S/C16H25N3O3S/c1-13(2)12-17-23(21,22)15-6-4-14(5-7-15)16(20)19-10-8-18(3)9-11-19/h4-7,13,17H,8-12H2,1-3H3. The summed E-state index contributed by atoms with van der Waals surface area (Å²) >= 11 is 0. The highest BCUT2D eigenvalue weighted by Crippen LogP contribution is 2.13. The molecule has 0 saturated carbocycles. The maximum Gasteiger partial charge on any atom is 0.253 e. The minimum Gasteiger partial charge on any atom is -0.336 e. The van der Waals surface area contributed by atoms with Crippen LogP contribution in [0.5, 0.6) is 0 Å². The van der Waals surface area contributed by atoms with Gasteiger partial charge >= 0.3 is 0 Å². The van der Waals surface area contributed by atoms with Crippen molar-refractivity contribution in [2.24, 2.45) is 5.92 Å². The average molecular weight is 339 g/mol. The van der Waals surface area contributed by atoms with Crippen molar-refractivity contribution >= 4 is 15.9 Å². The fraction of sp³-hybridized carbons (Fsp3) is 0.562. The Labute approximate surface area is 138 Å². The lowest BCUT2D eigenvalue weighted by atomic mass is 10.2. The molecule has 1 aromatic rings. The van der Waals surface area contributed by atoms with E-state index in [4.69, 9.17) is 0 Å². The zero-order chi connectivity index (χ0) is 17.0. The van der Waals surface area contributed by atoms with Crippen molar-refractivity contribution in [2.45, 2.75) is 18.7 Å².